The summed E-state index contributed by atoms with van der Waals surface area (Å²) < 4.78 is 4.79. The van der Waals surface area contributed by atoms with Gasteiger partial charge in [0.05, 0.1) is 6.61 Å². The second-order valence-corrected chi connectivity index (χ2v) is 2.89. The maximum absolute atomic E-state index is 11.3. The standard InChI is InChI=1S/C9H11NO3/c1-3-7-5-9(7,10-6-11)8(12)13-4-2/h3,7H,1,4-5H2,2H3. The minimum Gasteiger partial charge on any atom is -0.464 e. The summed E-state index contributed by atoms with van der Waals surface area (Å²) in [6.45, 7) is 5.55. The number of esters is 1. The molecule has 0 bridgehead atoms. The molecule has 0 aliphatic heterocycles. The van der Waals surface area contributed by atoms with E-state index in [4.69, 9.17) is 4.74 Å². The summed E-state index contributed by atoms with van der Waals surface area (Å²) in [7, 11) is 0. The Hall–Kier alpha value is -1.41. The van der Waals surface area contributed by atoms with Crippen LogP contribution in [0.4, 0.5) is 0 Å². The Morgan fingerprint density at radius 2 is 2.62 bits per heavy atom. The Kier molecular flexibility index (Phi) is 2.63. The first-order valence-corrected chi connectivity index (χ1v) is 4.10. The maximum Gasteiger partial charge on any atom is 0.335 e. The number of isocyanates is 1. The fraction of sp³-hybridized carbons (Fsp3) is 0.556. The molecule has 1 aliphatic carbocycles. The molecular formula is C9H11NO3. The van der Waals surface area contributed by atoms with Crippen LogP contribution in [0.2, 0.25) is 0 Å². The zero-order valence-corrected chi connectivity index (χ0v) is 7.45. The molecule has 1 fully saturated rings. The topological polar surface area (TPSA) is 55.7 Å². The Balaban J connectivity index is 2.77. The van der Waals surface area contributed by atoms with Crippen LogP contribution in [-0.2, 0) is 14.3 Å². The van der Waals surface area contributed by atoms with E-state index >= 15 is 0 Å². The van der Waals surface area contributed by atoms with Gasteiger partial charge in [-0.1, -0.05) is 6.08 Å². The second-order valence-electron chi connectivity index (χ2n) is 2.89. The molecule has 0 aromatic heterocycles. The number of aliphatic imine (C=N–C) groups is 1. The number of ether oxygens (including phenoxy) is 1. The van der Waals surface area contributed by atoms with Crippen LogP contribution in [0.3, 0.4) is 0 Å². The van der Waals surface area contributed by atoms with Crippen LogP contribution in [0.15, 0.2) is 17.6 Å². The number of carbonyl (C=O) groups excluding carboxylic acids is 2. The van der Waals surface area contributed by atoms with Gasteiger partial charge in [0.1, 0.15) is 0 Å². The van der Waals surface area contributed by atoms with E-state index < -0.39 is 11.5 Å². The lowest BCUT2D eigenvalue weighted by molar-refractivity contribution is -0.146. The van der Waals surface area contributed by atoms with Crippen molar-refractivity contribution in [3.05, 3.63) is 12.7 Å². The summed E-state index contributed by atoms with van der Waals surface area (Å²) in [6.07, 6.45) is 3.51. The SMILES string of the molecule is C=CC1CC1(N=C=O)C(=O)OCC. The summed E-state index contributed by atoms with van der Waals surface area (Å²) in [6, 6.07) is 0. The normalized spacial score (nSPS) is 30.1. The second kappa shape index (κ2) is 3.54. The van der Waals surface area contributed by atoms with Gasteiger partial charge in [-0.3, -0.25) is 0 Å². The van der Waals surface area contributed by atoms with E-state index in [0.29, 0.717) is 13.0 Å². The fourth-order valence-corrected chi connectivity index (χ4v) is 1.30. The highest BCUT2D eigenvalue weighted by molar-refractivity contribution is 5.87. The number of carbonyl (C=O) groups is 1. The smallest absolute Gasteiger partial charge is 0.335 e. The van der Waals surface area contributed by atoms with Crippen molar-refractivity contribution in [2.45, 2.75) is 18.9 Å². The summed E-state index contributed by atoms with van der Waals surface area (Å²) in [5.41, 5.74) is -1.00. The van der Waals surface area contributed by atoms with Gasteiger partial charge in [0.15, 0.2) is 5.54 Å². The number of nitrogens with zero attached hydrogens (tertiary/aromatic N) is 1. The van der Waals surface area contributed by atoms with Crippen molar-refractivity contribution in [1.82, 2.24) is 0 Å². The average molecular weight is 181 g/mol. The molecular weight excluding hydrogens is 170 g/mol. The van der Waals surface area contributed by atoms with Crippen molar-refractivity contribution in [2.75, 3.05) is 6.61 Å². The van der Waals surface area contributed by atoms with Gasteiger partial charge < -0.3 is 4.74 Å². The molecule has 0 radical (unpaired) electrons. The fourth-order valence-electron chi connectivity index (χ4n) is 1.30. The van der Waals surface area contributed by atoms with Crippen molar-refractivity contribution in [2.24, 2.45) is 10.9 Å². The molecule has 0 heterocycles. The van der Waals surface area contributed by atoms with Crippen LogP contribution in [-0.4, -0.2) is 24.2 Å². The van der Waals surface area contributed by atoms with Crippen LogP contribution in [0.1, 0.15) is 13.3 Å². The largest absolute Gasteiger partial charge is 0.464 e. The maximum atomic E-state index is 11.3. The van der Waals surface area contributed by atoms with Gasteiger partial charge >= 0.3 is 5.97 Å². The lowest BCUT2D eigenvalue weighted by Gasteiger charge is -2.07. The highest BCUT2D eigenvalue weighted by Crippen LogP contribution is 2.48. The summed E-state index contributed by atoms with van der Waals surface area (Å²) in [5.74, 6) is -0.531. The number of hydrogen-bond acceptors (Lipinski definition) is 4. The van der Waals surface area contributed by atoms with E-state index in [1.807, 2.05) is 0 Å². The molecule has 0 aromatic carbocycles. The van der Waals surface area contributed by atoms with E-state index in [2.05, 4.69) is 11.6 Å². The van der Waals surface area contributed by atoms with Gasteiger partial charge in [-0.2, -0.15) is 4.99 Å². The van der Waals surface area contributed by atoms with Crippen molar-refractivity contribution in [3.8, 4) is 0 Å². The van der Waals surface area contributed by atoms with Gasteiger partial charge in [0, 0.05) is 5.92 Å². The van der Waals surface area contributed by atoms with Crippen molar-refractivity contribution in [3.63, 3.8) is 0 Å². The van der Waals surface area contributed by atoms with Gasteiger partial charge in [0.25, 0.3) is 0 Å². The molecule has 1 rings (SSSR count). The zero-order chi connectivity index (χ0) is 9.90. The van der Waals surface area contributed by atoms with Gasteiger partial charge in [-0.15, -0.1) is 6.58 Å². The van der Waals surface area contributed by atoms with Crippen LogP contribution < -0.4 is 0 Å². The summed E-state index contributed by atoms with van der Waals surface area (Å²) in [4.78, 5) is 24.9. The molecule has 0 amide bonds. The molecule has 1 saturated carbocycles. The Morgan fingerprint density at radius 3 is 3.00 bits per heavy atom. The minimum absolute atomic E-state index is 0.0759. The predicted molar refractivity (Wildman–Crippen MR) is 45.8 cm³/mol. The molecule has 13 heavy (non-hydrogen) atoms. The van der Waals surface area contributed by atoms with E-state index in [1.165, 1.54) is 6.08 Å². The number of rotatable bonds is 4. The summed E-state index contributed by atoms with van der Waals surface area (Å²) in [5, 5.41) is 0. The van der Waals surface area contributed by atoms with E-state index in [9.17, 15) is 9.59 Å². The molecule has 0 spiro atoms. The molecule has 1 aliphatic rings. The van der Waals surface area contributed by atoms with Crippen LogP contribution in [0, 0.1) is 5.92 Å². The van der Waals surface area contributed by atoms with Gasteiger partial charge in [-0.05, 0) is 13.3 Å². The zero-order valence-electron chi connectivity index (χ0n) is 7.45. The molecule has 2 unspecified atom stereocenters. The van der Waals surface area contributed by atoms with Crippen molar-refractivity contribution < 1.29 is 14.3 Å². The summed E-state index contributed by atoms with van der Waals surface area (Å²) >= 11 is 0. The molecule has 4 nitrogen and oxygen atoms in total. The van der Waals surface area contributed by atoms with E-state index in [1.54, 1.807) is 13.0 Å². The average Bonchev–Trinajstić information content (AvgIpc) is 2.81. The highest BCUT2D eigenvalue weighted by atomic mass is 16.5. The van der Waals surface area contributed by atoms with Crippen LogP contribution in [0.25, 0.3) is 0 Å². The lowest BCUT2D eigenvalue weighted by Crippen LogP contribution is -2.25. The third-order valence-electron chi connectivity index (χ3n) is 2.14. The van der Waals surface area contributed by atoms with E-state index in [-0.39, 0.29) is 5.92 Å². The van der Waals surface area contributed by atoms with Crippen molar-refractivity contribution >= 4 is 12.0 Å². The Morgan fingerprint density at radius 1 is 1.92 bits per heavy atom. The van der Waals surface area contributed by atoms with Crippen LogP contribution >= 0.6 is 0 Å². The number of hydrogen-bond donors (Lipinski definition) is 0. The highest BCUT2D eigenvalue weighted by Gasteiger charge is 2.60. The molecule has 0 saturated heterocycles. The lowest BCUT2D eigenvalue weighted by atomic mass is 10.2. The van der Waals surface area contributed by atoms with E-state index in [0.717, 1.165) is 0 Å². The Labute approximate surface area is 76.3 Å². The predicted octanol–water partition coefficient (Wildman–Crippen LogP) is 0.830. The first kappa shape index (κ1) is 9.68. The van der Waals surface area contributed by atoms with Gasteiger partial charge in [-0.25, -0.2) is 9.59 Å². The Bertz CT molecular complexity index is 281. The molecule has 70 valence electrons. The third-order valence-corrected chi connectivity index (χ3v) is 2.14. The van der Waals surface area contributed by atoms with Crippen LogP contribution in [0.5, 0.6) is 0 Å². The molecule has 4 heteroatoms. The molecule has 2 atom stereocenters. The quantitative estimate of drug-likeness (QED) is 0.279. The first-order valence-electron chi connectivity index (χ1n) is 4.10. The molecule has 0 N–H and O–H groups in total. The third kappa shape index (κ3) is 1.53. The van der Waals surface area contributed by atoms with Gasteiger partial charge in [0.2, 0.25) is 6.08 Å². The monoisotopic (exact) mass is 181 g/mol. The minimum atomic E-state index is -1.00. The molecule has 0 aromatic rings. The van der Waals surface area contributed by atoms with Crippen molar-refractivity contribution in [1.29, 1.82) is 0 Å². The first-order chi connectivity index (χ1) is 6.21.